The SMILES string of the molecule is CCN(CC)c1ccc(C=C2CCC(C=NN=Cc3ccc(Cl)cc3Cl)=C2N2CCOCC2)cc1. The molecule has 184 valence electrons. The third kappa shape index (κ3) is 6.54. The van der Waals surface area contributed by atoms with Crippen LogP contribution in [0.4, 0.5) is 5.69 Å². The molecule has 0 amide bonds. The van der Waals surface area contributed by atoms with Gasteiger partial charge in [-0.2, -0.15) is 10.2 Å². The molecule has 1 aliphatic heterocycles. The van der Waals surface area contributed by atoms with Crippen molar-refractivity contribution in [3.05, 3.63) is 80.5 Å². The Morgan fingerprint density at radius 1 is 0.943 bits per heavy atom. The molecule has 2 aliphatic rings. The lowest BCUT2D eigenvalue weighted by atomic mass is 10.1. The smallest absolute Gasteiger partial charge is 0.0642 e. The van der Waals surface area contributed by atoms with E-state index in [1.807, 2.05) is 12.3 Å². The van der Waals surface area contributed by atoms with Crippen molar-refractivity contribution in [2.45, 2.75) is 26.7 Å². The number of nitrogens with zero attached hydrogens (tertiary/aromatic N) is 4. The largest absolute Gasteiger partial charge is 0.378 e. The normalized spacial score (nSPS) is 17.9. The van der Waals surface area contributed by atoms with Crippen LogP contribution < -0.4 is 4.90 Å². The van der Waals surface area contributed by atoms with Crippen molar-refractivity contribution in [3.8, 4) is 0 Å². The summed E-state index contributed by atoms with van der Waals surface area (Å²) in [6.07, 6.45) is 7.78. The number of hydrogen-bond donors (Lipinski definition) is 0. The van der Waals surface area contributed by atoms with Crippen molar-refractivity contribution in [1.29, 1.82) is 0 Å². The molecular weight excluding hydrogens is 479 g/mol. The summed E-state index contributed by atoms with van der Waals surface area (Å²) in [4.78, 5) is 4.78. The molecule has 0 unspecified atom stereocenters. The minimum absolute atomic E-state index is 0.558. The van der Waals surface area contributed by atoms with Crippen LogP contribution in [-0.2, 0) is 4.74 Å². The lowest BCUT2D eigenvalue weighted by molar-refractivity contribution is 0.0548. The standard InChI is InChI=1S/C28H32Cl2N4O/c1-3-33(4-2)26-11-5-21(6-12-26)17-22-7-8-24(28(22)34-13-15-35-16-14-34)20-32-31-19-23-9-10-25(29)18-27(23)30/h5-6,9-12,17-20H,3-4,7-8,13-16H2,1-2H3. The molecule has 0 N–H and O–H groups in total. The molecule has 35 heavy (non-hydrogen) atoms. The maximum atomic E-state index is 6.23. The first kappa shape index (κ1) is 25.5. The summed E-state index contributed by atoms with van der Waals surface area (Å²) in [5, 5.41) is 9.75. The Bertz CT molecular complexity index is 1130. The monoisotopic (exact) mass is 510 g/mol. The minimum atomic E-state index is 0.558. The van der Waals surface area contributed by atoms with E-state index in [2.05, 4.69) is 64.2 Å². The summed E-state index contributed by atoms with van der Waals surface area (Å²) in [6, 6.07) is 14.2. The number of morpholine rings is 1. The van der Waals surface area contributed by atoms with Gasteiger partial charge < -0.3 is 14.5 Å². The van der Waals surface area contributed by atoms with Gasteiger partial charge in [-0.25, -0.2) is 0 Å². The highest BCUT2D eigenvalue weighted by atomic mass is 35.5. The number of halogens is 2. The van der Waals surface area contributed by atoms with Crippen molar-refractivity contribution in [2.75, 3.05) is 44.3 Å². The average molecular weight is 511 g/mol. The van der Waals surface area contributed by atoms with Crippen LogP contribution in [0.1, 0.15) is 37.8 Å². The van der Waals surface area contributed by atoms with Gasteiger partial charge in [-0.15, -0.1) is 0 Å². The lowest BCUT2D eigenvalue weighted by Crippen LogP contribution is -2.36. The highest BCUT2D eigenvalue weighted by Gasteiger charge is 2.25. The second-order valence-corrected chi connectivity index (χ2v) is 9.41. The van der Waals surface area contributed by atoms with Crippen molar-refractivity contribution in [2.24, 2.45) is 10.2 Å². The van der Waals surface area contributed by atoms with Crippen LogP contribution in [0.2, 0.25) is 10.0 Å². The van der Waals surface area contributed by atoms with Crippen LogP contribution in [0.15, 0.2) is 69.5 Å². The number of allylic oxidation sites excluding steroid dienone is 2. The maximum absolute atomic E-state index is 6.23. The van der Waals surface area contributed by atoms with Gasteiger partial charge in [0.2, 0.25) is 0 Å². The van der Waals surface area contributed by atoms with Crippen molar-refractivity contribution >= 4 is 47.4 Å². The number of anilines is 1. The highest BCUT2D eigenvalue weighted by molar-refractivity contribution is 6.36. The number of hydrogen-bond acceptors (Lipinski definition) is 5. The van der Waals surface area contributed by atoms with Crippen molar-refractivity contribution in [1.82, 2.24) is 4.90 Å². The molecule has 4 rings (SSSR count). The van der Waals surface area contributed by atoms with E-state index in [4.69, 9.17) is 27.9 Å². The Morgan fingerprint density at radius 3 is 2.34 bits per heavy atom. The van der Waals surface area contributed by atoms with E-state index in [1.165, 1.54) is 28.1 Å². The van der Waals surface area contributed by atoms with Crippen LogP contribution in [0, 0.1) is 0 Å². The first-order valence-corrected chi connectivity index (χ1v) is 13.0. The molecular formula is C28H32Cl2N4O. The molecule has 0 spiro atoms. The van der Waals surface area contributed by atoms with Crippen LogP contribution in [0.25, 0.3) is 6.08 Å². The van der Waals surface area contributed by atoms with Gasteiger partial charge in [0.1, 0.15) is 0 Å². The van der Waals surface area contributed by atoms with Crippen molar-refractivity contribution < 1.29 is 4.74 Å². The zero-order valence-corrected chi connectivity index (χ0v) is 21.9. The molecule has 7 heteroatoms. The van der Waals surface area contributed by atoms with Crippen LogP contribution in [-0.4, -0.2) is 56.7 Å². The topological polar surface area (TPSA) is 40.4 Å². The Labute approximate surface area is 218 Å². The Kier molecular flexibility index (Phi) is 9.02. The van der Waals surface area contributed by atoms with Gasteiger partial charge in [0, 0.05) is 48.1 Å². The Morgan fingerprint density at radius 2 is 1.66 bits per heavy atom. The summed E-state index contributed by atoms with van der Waals surface area (Å²) in [5.41, 5.74) is 7.08. The highest BCUT2D eigenvalue weighted by Crippen LogP contribution is 2.35. The summed E-state index contributed by atoms with van der Waals surface area (Å²) in [7, 11) is 0. The molecule has 0 aromatic heterocycles. The zero-order valence-electron chi connectivity index (χ0n) is 20.4. The summed E-state index contributed by atoms with van der Waals surface area (Å²) in [5.74, 6) is 0. The molecule has 0 saturated carbocycles. The molecule has 1 heterocycles. The van der Waals surface area contributed by atoms with Gasteiger partial charge in [0.05, 0.1) is 30.7 Å². The fourth-order valence-corrected chi connectivity index (χ4v) is 5.01. The minimum Gasteiger partial charge on any atom is -0.378 e. The Balaban J connectivity index is 1.57. The van der Waals surface area contributed by atoms with E-state index in [1.54, 1.807) is 18.3 Å². The molecule has 1 saturated heterocycles. The predicted molar refractivity (Wildman–Crippen MR) is 149 cm³/mol. The van der Waals surface area contributed by atoms with E-state index in [0.29, 0.717) is 10.0 Å². The molecule has 0 atom stereocenters. The fourth-order valence-electron chi connectivity index (χ4n) is 4.55. The predicted octanol–water partition coefficient (Wildman–Crippen LogP) is 6.71. The lowest BCUT2D eigenvalue weighted by Gasteiger charge is -2.31. The van der Waals surface area contributed by atoms with Gasteiger partial charge >= 0.3 is 0 Å². The third-order valence-corrected chi connectivity index (χ3v) is 6.96. The first-order valence-electron chi connectivity index (χ1n) is 12.2. The van der Waals surface area contributed by atoms with Gasteiger partial charge in [-0.1, -0.05) is 41.4 Å². The molecule has 0 radical (unpaired) electrons. The van der Waals surface area contributed by atoms with Gasteiger partial charge in [-0.3, -0.25) is 0 Å². The Hall–Kier alpha value is -2.60. The fraction of sp³-hybridized carbons (Fsp3) is 0.357. The second kappa shape index (κ2) is 12.4. The van der Waals surface area contributed by atoms with Crippen LogP contribution in [0.5, 0.6) is 0 Å². The number of rotatable bonds is 8. The van der Waals surface area contributed by atoms with E-state index >= 15 is 0 Å². The van der Waals surface area contributed by atoms with Gasteiger partial charge in [0.15, 0.2) is 0 Å². The molecule has 2 aromatic rings. The molecule has 0 bridgehead atoms. The van der Waals surface area contributed by atoms with E-state index in [9.17, 15) is 0 Å². The molecule has 1 fully saturated rings. The number of ether oxygens (including phenoxy) is 1. The summed E-state index contributed by atoms with van der Waals surface area (Å²) < 4.78 is 5.60. The molecule has 5 nitrogen and oxygen atoms in total. The third-order valence-electron chi connectivity index (χ3n) is 6.40. The second-order valence-electron chi connectivity index (χ2n) is 8.56. The first-order chi connectivity index (χ1) is 17.1. The van der Waals surface area contributed by atoms with E-state index in [-0.39, 0.29) is 0 Å². The van der Waals surface area contributed by atoms with Gasteiger partial charge in [0.25, 0.3) is 0 Å². The van der Waals surface area contributed by atoms with Crippen LogP contribution >= 0.6 is 23.2 Å². The average Bonchev–Trinajstić information content (AvgIpc) is 3.27. The summed E-state index contributed by atoms with van der Waals surface area (Å²) >= 11 is 12.2. The molecule has 2 aromatic carbocycles. The van der Waals surface area contributed by atoms with Crippen LogP contribution in [0.3, 0.4) is 0 Å². The molecule has 1 aliphatic carbocycles. The summed E-state index contributed by atoms with van der Waals surface area (Å²) in [6.45, 7) is 9.65. The van der Waals surface area contributed by atoms with E-state index < -0.39 is 0 Å². The maximum Gasteiger partial charge on any atom is 0.0642 e. The number of benzene rings is 2. The van der Waals surface area contributed by atoms with E-state index in [0.717, 1.165) is 57.8 Å². The quantitative estimate of drug-likeness (QED) is 0.292. The van der Waals surface area contributed by atoms with Gasteiger partial charge in [-0.05, 0) is 73.7 Å². The zero-order chi connectivity index (χ0) is 24.6. The van der Waals surface area contributed by atoms with Crippen molar-refractivity contribution in [3.63, 3.8) is 0 Å².